The molecular weight excluding hydrogens is 430 g/mol. The van der Waals surface area contributed by atoms with E-state index in [0.717, 1.165) is 16.0 Å². The monoisotopic (exact) mass is 444 g/mol. The Balaban J connectivity index is 1.86. The molecule has 0 saturated carbocycles. The molecule has 0 unspecified atom stereocenters. The molecule has 142 valence electrons. The van der Waals surface area contributed by atoms with Gasteiger partial charge in [-0.05, 0) is 42.7 Å². The standard InChI is InChI=1S/C18H15Cl2FN2O2S2/c1-26-7-6-23-14-4-3-12(21)9-16(14)27-18(23)22-17(24)10-25-15-5-2-11(19)8-13(15)20/h2-5,8-9H,6-7,10H2,1H3. The van der Waals surface area contributed by atoms with Crippen LogP contribution in [0.4, 0.5) is 4.39 Å². The van der Waals surface area contributed by atoms with Gasteiger partial charge in [0, 0.05) is 17.3 Å². The van der Waals surface area contributed by atoms with Crippen LogP contribution < -0.4 is 9.54 Å². The number of aryl methyl sites for hydroxylation is 1. The van der Waals surface area contributed by atoms with E-state index in [0.29, 0.717) is 27.1 Å². The Morgan fingerprint density at radius 1 is 1.30 bits per heavy atom. The van der Waals surface area contributed by atoms with E-state index in [1.807, 2.05) is 10.8 Å². The van der Waals surface area contributed by atoms with Gasteiger partial charge in [-0.3, -0.25) is 4.79 Å². The van der Waals surface area contributed by atoms with Crippen LogP contribution in [-0.2, 0) is 11.3 Å². The lowest BCUT2D eigenvalue weighted by molar-refractivity contribution is -0.120. The summed E-state index contributed by atoms with van der Waals surface area (Å²) in [5.74, 6) is 0.435. The predicted octanol–water partition coefficient (Wildman–Crippen LogP) is 5.02. The Morgan fingerprint density at radius 2 is 2.11 bits per heavy atom. The van der Waals surface area contributed by atoms with Gasteiger partial charge in [-0.15, -0.1) is 0 Å². The van der Waals surface area contributed by atoms with Crippen molar-refractivity contribution in [2.75, 3.05) is 18.6 Å². The summed E-state index contributed by atoms with van der Waals surface area (Å²) in [5, 5.41) is 0.804. The van der Waals surface area contributed by atoms with Gasteiger partial charge in [0.1, 0.15) is 11.6 Å². The average molecular weight is 445 g/mol. The number of halogens is 3. The van der Waals surface area contributed by atoms with Gasteiger partial charge in [0.2, 0.25) is 0 Å². The number of carbonyl (C=O) groups is 1. The second kappa shape index (κ2) is 9.10. The van der Waals surface area contributed by atoms with Gasteiger partial charge < -0.3 is 9.30 Å². The topological polar surface area (TPSA) is 43.6 Å². The molecule has 27 heavy (non-hydrogen) atoms. The van der Waals surface area contributed by atoms with Crippen LogP contribution in [0.1, 0.15) is 0 Å². The van der Waals surface area contributed by atoms with Crippen molar-refractivity contribution < 1.29 is 13.9 Å². The van der Waals surface area contributed by atoms with E-state index in [1.54, 1.807) is 30.0 Å². The van der Waals surface area contributed by atoms with E-state index in [-0.39, 0.29) is 12.4 Å². The summed E-state index contributed by atoms with van der Waals surface area (Å²) < 4.78 is 21.6. The second-order valence-electron chi connectivity index (χ2n) is 5.51. The number of hydrogen-bond donors (Lipinski definition) is 0. The molecule has 1 aromatic heterocycles. The number of ether oxygens (including phenoxy) is 1. The zero-order chi connectivity index (χ0) is 19.4. The van der Waals surface area contributed by atoms with Crippen molar-refractivity contribution >= 4 is 62.4 Å². The molecule has 0 atom stereocenters. The van der Waals surface area contributed by atoms with Crippen LogP contribution in [0.2, 0.25) is 10.0 Å². The number of benzene rings is 2. The molecule has 0 fully saturated rings. The van der Waals surface area contributed by atoms with Crippen molar-refractivity contribution in [1.29, 1.82) is 0 Å². The summed E-state index contributed by atoms with van der Waals surface area (Å²) in [7, 11) is 0. The molecule has 0 bridgehead atoms. The van der Waals surface area contributed by atoms with Crippen LogP contribution in [0.25, 0.3) is 10.2 Å². The highest BCUT2D eigenvalue weighted by Gasteiger charge is 2.10. The Labute approximate surface area is 173 Å². The molecule has 3 aromatic rings. The second-order valence-corrected chi connectivity index (χ2v) is 8.35. The number of hydrogen-bond acceptors (Lipinski definition) is 4. The first-order chi connectivity index (χ1) is 13.0. The molecule has 2 aromatic carbocycles. The first kappa shape index (κ1) is 20.2. The molecule has 4 nitrogen and oxygen atoms in total. The van der Waals surface area contributed by atoms with Gasteiger partial charge in [-0.25, -0.2) is 4.39 Å². The number of thioether (sulfide) groups is 1. The van der Waals surface area contributed by atoms with Crippen LogP contribution in [0.3, 0.4) is 0 Å². The first-order valence-corrected chi connectivity index (χ1v) is 10.9. The molecule has 0 saturated heterocycles. The van der Waals surface area contributed by atoms with Crippen LogP contribution in [-0.4, -0.2) is 29.1 Å². The molecular formula is C18H15Cl2FN2O2S2. The zero-order valence-corrected chi connectivity index (χ0v) is 17.4. The Bertz CT molecular complexity index is 1050. The summed E-state index contributed by atoms with van der Waals surface area (Å²) >= 11 is 14.8. The molecule has 3 rings (SSSR count). The lowest BCUT2D eigenvalue weighted by Crippen LogP contribution is -2.20. The number of rotatable bonds is 6. The van der Waals surface area contributed by atoms with E-state index in [1.165, 1.54) is 29.5 Å². The molecule has 0 N–H and O–H groups in total. The largest absolute Gasteiger partial charge is 0.482 e. The highest BCUT2D eigenvalue weighted by atomic mass is 35.5. The maximum absolute atomic E-state index is 13.5. The maximum atomic E-state index is 13.5. The highest BCUT2D eigenvalue weighted by molar-refractivity contribution is 7.98. The molecule has 1 amide bonds. The quantitative estimate of drug-likeness (QED) is 0.535. The first-order valence-electron chi connectivity index (χ1n) is 7.91. The Hall–Kier alpha value is -1.54. The normalized spacial score (nSPS) is 11.9. The maximum Gasteiger partial charge on any atom is 0.286 e. The van der Waals surface area contributed by atoms with Gasteiger partial charge in [-0.2, -0.15) is 16.8 Å². The lowest BCUT2D eigenvalue weighted by Gasteiger charge is -2.06. The summed E-state index contributed by atoms with van der Waals surface area (Å²) in [4.78, 5) is 17.0. The molecule has 1 heterocycles. The smallest absolute Gasteiger partial charge is 0.286 e. The van der Waals surface area contributed by atoms with Crippen molar-refractivity contribution in [2.24, 2.45) is 4.99 Å². The third-order valence-corrected chi connectivity index (χ3v) is 5.79. The average Bonchev–Trinajstić information content (AvgIpc) is 2.95. The minimum atomic E-state index is -0.453. The van der Waals surface area contributed by atoms with E-state index in [4.69, 9.17) is 27.9 Å². The third-order valence-electron chi connectivity index (χ3n) is 3.63. The van der Waals surface area contributed by atoms with Crippen molar-refractivity contribution in [2.45, 2.75) is 6.54 Å². The summed E-state index contributed by atoms with van der Waals surface area (Å²) in [6.45, 7) is 0.412. The minimum absolute atomic E-state index is 0.257. The molecule has 0 spiro atoms. The lowest BCUT2D eigenvalue weighted by atomic mass is 10.3. The van der Waals surface area contributed by atoms with E-state index >= 15 is 0 Å². The van der Waals surface area contributed by atoms with Crippen LogP contribution in [0.15, 0.2) is 41.4 Å². The van der Waals surface area contributed by atoms with Crippen molar-refractivity contribution in [3.63, 3.8) is 0 Å². The van der Waals surface area contributed by atoms with Gasteiger partial charge in [0.25, 0.3) is 5.91 Å². The Kier molecular flexibility index (Phi) is 6.81. The molecule has 0 aliphatic rings. The fourth-order valence-corrected chi connectivity index (χ4v) is 4.33. The molecule has 0 aliphatic carbocycles. The molecule has 0 aliphatic heterocycles. The third kappa shape index (κ3) is 5.04. The molecule has 0 radical (unpaired) electrons. The predicted molar refractivity (Wildman–Crippen MR) is 111 cm³/mol. The van der Waals surface area contributed by atoms with Gasteiger partial charge >= 0.3 is 0 Å². The minimum Gasteiger partial charge on any atom is -0.482 e. The number of fused-ring (bicyclic) bond motifs is 1. The number of thiazole rings is 1. The van der Waals surface area contributed by atoms with Crippen LogP contribution in [0, 0.1) is 5.82 Å². The van der Waals surface area contributed by atoms with Crippen molar-refractivity contribution in [3.05, 3.63) is 57.1 Å². The Morgan fingerprint density at radius 3 is 2.85 bits per heavy atom. The SMILES string of the molecule is CSCCn1c(=NC(=O)COc2ccc(Cl)cc2Cl)sc2cc(F)ccc21. The molecule has 9 heteroatoms. The number of amides is 1. The van der Waals surface area contributed by atoms with Gasteiger partial charge in [0.15, 0.2) is 11.4 Å². The van der Waals surface area contributed by atoms with E-state index < -0.39 is 5.91 Å². The summed E-state index contributed by atoms with van der Waals surface area (Å²) in [5.41, 5.74) is 0.851. The summed E-state index contributed by atoms with van der Waals surface area (Å²) in [6, 6.07) is 9.32. The number of carbonyl (C=O) groups excluding carboxylic acids is 1. The zero-order valence-electron chi connectivity index (χ0n) is 14.2. The van der Waals surface area contributed by atoms with Crippen LogP contribution >= 0.6 is 46.3 Å². The van der Waals surface area contributed by atoms with Crippen molar-refractivity contribution in [3.8, 4) is 5.75 Å². The highest BCUT2D eigenvalue weighted by Crippen LogP contribution is 2.27. The van der Waals surface area contributed by atoms with Gasteiger partial charge in [0.05, 0.1) is 15.2 Å². The summed E-state index contributed by atoms with van der Waals surface area (Å²) in [6.07, 6.45) is 2.00. The van der Waals surface area contributed by atoms with Crippen LogP contribution in [0.5, 0.6) is 5.75 Å². The number of aromatic nitrogens is 1. The fraction of sp³-hybridized carbons (Fsp3) is 0.222. The van der Waals surface area contributed by atoms with Crippen molar-refractivity contribution in [1.82, 2.24) is 4.57 Å². The number of nitrogens with zero attached hydrogens (tertiary/aromatic N) is 2. The van der Waals surface area contributed by atoms with E-state index in [2.05, 4.69) is 4.99 Å². The fourth-order valence-electron chi connectivity index (χ4n) is 2.40. The van der Waals surface area contributed by atoms with E-state index in [9.17, 15) is 9.18 Å². The van der Waals surface area contributed by atoms with Gasteiger partial charge in [-0.1, -0.05) is 34.5 Å².